The number of hydrogen-bond donors (Lipinski definition) is 0. The van der Waals surface area contributed by atoms with Gasteiger partial charge >= 0.3 is 0 Å². The van der Waals surface area contributed by atoms with Gasteiger partial charge in [0.25, 0.3) is 0 Å². The van der Waals surface area contributed by atoms with Crippen LogP contribution in [0.3, 0.4) is 0 Å². The van der Waals surface area contributed by atoms with Gasteiger partial charge in [-0.25, -0.2) is 0 Å². The van der Waals surface area contributed by atoms with Crippen LogP contribution in [0.2, 0.25) is 0 Å². The fraction of sp³-hybridized carbons (Fsp3) is 0.529. The summed E-state index contributed by atoms with van der Waals surface area (Å²) in [5.74, 6) is 1.64. The Kier molecular flexibility index (Phi) is 2.82. The molecule has 0 amide bonds. The first-order valence-corrected chi connectivity index (χ1v) is 6.99. The van der Waals surface area contributed by atoms with Crippen molar-refractivity contribution in [3.05, 3.63) is 48.6 Å². The third-order valence-corrected chi connectivity index (χ3v) is 5.04. The second kappa shape index (κ2) is 4.24. The summed E-state index contributed by atoms with van der Waals surface area (Å²) in [4.78, 5) is 0. The van der Waals surface area contributed by atoms with E-state index in [-0.39, 0.29) is 0 Å². The number of rotatable bonds is 0. The van der Waals surface area contributed by atoms with Gasteiger partial charge in [0, 0.05) is 0 Å². The van der Waals surface area contributed by atoms with Gasteiger partial charge < -0.3 is 4.74 Å². The van der Waals surface area contributed by atoms with E-state index in [0.29, 0.717) is 12.2 Å². The molecule has 1 nitrogen and oxygen atoms in total. The summed E-state index contributed by atoms with van der Waals surface area (Å²) in [6.45, 7) is 15.8. The van der Waals surface area contributed by atoms with Crippen LogP contribution in [0.4, 0.5) is 0 Å². The van der Waals surface area contributed by atoms with E-state index < -0.39 is 0 Å². The fourth-order valence-electron chi connectivity index (χ4n) is 3.70. The van der Waals surface area contributed by atoms with Crippen LogP contribution in [-0.4, -0.2) is 12.2 Å². The van der Waals surface area contributed by atoms with E-state index in [1.165, 1.54) is 30.4 Å². The van der Waals surface area contributed by atoms with E-state index in [0.717, 1.165) is 35.8 Å². The lowest BCUT2D eigenvalue weighted by molar-refractivity contribution is 0.123. The van der Waals surface area contributed by atoms with Gasteiger partial charge in [-0.05, 0) is 66.2 Å². The highest BCUT2D eigenvalue weighted by atomic mass is 16.5. The summed E-state index contributed by atoms with van der Waals surface area (Å²) in [5, 5.41) is 0. The zero-order chi connectivity index (χ0) is 12.9. The van der Waals surface area contributed by atoms with Crippen molar-refractivity contribution in [1.29, 1.82) is 0 Å². The van der Waals surface area contributed by atoms with E-state index in [1.54, 1.807) is 0 Å². The van der Waals surface area contributed by atoms with E-state index >= 15 is 0 Å². The van der Waals surface area contributed by atoms with Crippen LogP contribution >= 0.6 is 0 Å². The minimum Gasteiger partial charge on any atom is -0.366 e. The van der Waals surface area contributed by atoms with Gasteiger partial charge in [0.05, 0.1) is 12.2 Å². The molecule has 0 N–H and O–H groups in total. The summed E-state index contributed by atoms with van der Waals surface area (Å²) in [6.07, 6.45) is 7.07. The van der Waals surface area contributed by atoms with Crippen LogP contribution in [0.15, 0.2) is 48.6 Å². The smallest absolute Gasteiger partial charge is 0.0832 e. The van der Waals surface area contributed by atoms with Crippen molar-refractivity contribution in [3.63, 3.8) is 0 Å². The lowest BCUT2D eigenvalue weighted by atomic mass is 9.92. The molecule has 0 radical (unpaired) electrons. The largest absolute Gasteiger partial charge is 0.366 e. The van der Waals surface area contributed by atoms with Crippen molar-refractivity contribution in [2.45, 2.75) is 44.3 Å². The number of hydrogen-bond acceptors (Lipinski definition) is 1. The Balaban J connectivity index is 0.000000111. The van der Waals surface area contributed by atoms with Gasteiger partial charge in [0.15, 0.2) is 0 Å². The van der Waals surface area contributed by atoms with E-state index in [1.807, 2.05) is 0 Å². The highest BCUT2D eigenvalue weighted by Gasteiger charge is 2.38. The summed E-state index contributed by atoms with van der Waals surface area (Å²) < 4.78 is 5.50. The van der Waals surface area contributed by atoms with Crippen molar-refractivity contribution < 1.29 is 4.74 Å². The Bertz CT molecular complexity index is 361. The van der Waals surface area contributed by atoms with Gasteiger partial charge in [0.2, 0.25) is 0 Å². The van der Waals surface area contributed by atoms with Crippen molar-refractivity contribution in [3.8, 4) is 0 Å². The highest BCUT2D eigenvalue weighted by Crippen LogP contribution is 2.49. The Morgan fingerprint density at radius 2 is 1.11 bits per heavy atom. The predicted octanol–water partition coefficient (Wildman–Crippen LogP) is 4.19. The maximum atomic E-state index is 5.50. The number of fused-ring (bicyclic) bond motifs is 4. The lowest BCUT2D eigenvalue weighted by Gasteiger charge is -2.13. The highest BCUT2D eigenvalue weighted by molar-refractivity contribution is 5.39. The Labute approximate surface area is 110 Å². The first kappa shape index (κ1) is 12.0. The van der Waals surface area contributed by atoms with Crippen molar-refractivity contribution in [2.24, 2.45) is 11.8 Å². The van der Waals surface area contributed by atoms with Crippen molar-refractivity contribution in [1.82, 2.24) is 0 Å². The van der Waals surface area contributed by atoms with Crippen LogP contribution in [0.5, 0.6) is 0 Å². The molecule has 0 aromatic rings. The SMILES string of the molecule is C=C1C(=C)C2CCC1C2.C=C1C(=C)C2CCC1O2. The minimum absolute atomic E-state index is 0.322. The molecule has 0 aromatic carbocycles. The fourth-order valence-corrected chi connectivity index (χ4v) is 3.70. The molecule has 4 unspecified atom stereocenters. The molecule has 2 aliphatic heterocycles. The van der Waals surface area contributed by atoms with Crippen molar-refractivity contribution in [2.75, 3.05) is 0 Å². The molecule has 4 fully saturated rings. The molecular weight excluding hydrogens is 220 g/mol. The lowest BCUT2D eigenvalue weighted by Crippen LogP contribution is -2.05. The van der Waals surface area contributed by atoms with E-state index in [9.17, 15) is 0 Å². The molecule has 4 aliphatic rings. The van der Waals surface area contributed by atoms with Gasteiger partial charge in [0.1, 0.15) is 0 Å². The molecule has 2 heterocycles. The maximum Gasteiger partial charge on any atom is 0.0832 e. The van der Waals surface area contributed by atoms with E-state index in [4.69, 9.17) is 4.74 Å². The quantitative estimate of drug-likeness (QED) is 0.619. The Hall–Kier alpha value is -1.08. The van der Waals surface area contributed by atoms with Gasteiger partial charge in [-0.15, -0.1) is 0 Å². The van der Waals surface area contributed by atoms with Crippen LogP contribution in [0, 0.1) is 11.8 Å². The minimum atomic E-state index is 0.322. The first-order chi connectivity index (χ1) is 8.58. The molecule has 96 valence electrons. The first-order valence-electron chi connectivity index (χ1n) is 6.99. The summed E-state index contributed by atoms with van der Waals surface area (Å²) >= 11 is 0. The maximum absolute atomic E-state index is 5.50. The average Bonchev–Trinajstić information content (AvgIpc) is 3.09. The monoisotopic (exact) mass is 242 g/mol. The second-order valence-corrected chi connectivity index (χ2v) is 6.00. The molecule has 4 rings (SSSR count). The molecule has 2 saturated carbocycles. The molecule has 18 heavy (non-hydrogen) atoms. The average molecular weight is 242 g/mol. The molecule has 1 heteroatoms. The van der Waals surface area contributed by atoms with Gasteiger partial charge in [-0.3, -0.25) is 0 Å². The van der Waals surface area contributed by atoms with Gasteiger partial charge in [-0.2, -0.15) is 0 Å². The van der Waals surface area contributed by atoms with Crippen LogP contribution in [0.1, 0.15) is 32.1 Å². The molecule has 2 aliphatic carbocycles. The van der Waals surface area contributed by atoms with E-state index in [2.05, 4.69) is 26.3 Å². The summed E-state index contributed by atoms with van der Waals surface area (Å²) in [6, 6.07) is 0. The zero-order valence-electron chi connectivity index (χ0n) is 11.1. The molecular formula is C17H22O. The topological polar surface area (TPSA) is 9.23 Å². The van der Waals surface area contributed by atoms with Crippen LogP contribution < -0.4 is 0 Å². The molecule has 0 spiro atoms. The summed E-state index contributed by atoms with van der Waals surface area (Å²) in [5.41, 5.74) is 4.97. The van der Waals surface area contributed by atoms with Crippen LogP contribution in [0.25, 0.3) is 0 Å². The predicted molar refractivity (Wildman–Crippen MR) is 75.3 cm³/mol. The van der Waals surface area contributed by atoms with Crippen LogP contribution in [-0.2, 0) is 4.74 Å². The summed E-state index contributed by atoms with van der Waals surface area (Å²) in [7, 11) is 0. The standard InChI is InChI=1S/C9H12.C8H10O/c1-6-7(2)9-4-3-8(6)5-9;1-5-6(2)8-4-3-7(5)9-8/h8-9H,1-5H2;7-8H,1-4H2. The molecule has 2 saturated heterocycles. The second-order valence-electron chi connectivity index (χ2n) is 6.00. The van der Waals surface area contributed by atoms with Crippen molar-refractivity contribution >= 4 is 0 Å². The number of ether oxygens (including phenoxy) is 1. The molecule has 4 bridgehead atoms. The molecule has 4 atom stereocenters. The zero-order valence-corrected chi connectivity index (χ0v) is 11.1. The Morgan fingerprint density at radius 1 is 0.667 bits per heavy atom. The normalized spacial score (nSPS) is 40.4. The Morgan fingerprint density at radius 3 is 1.33 bits per heavy atom. The molecule has 0 aromatic heterocycles. The van der Waals surface area contributed by atoms with Gasteiger partial charge in [-0.1, -0.05) is 26.3 Å². The third kappa shape index (κ3) is 1.73. The number of allylic oxidation sites excluding steroid dienone is 2. The third-order valence-electron chi connectivity index (χ3n) is 5.04.